The second kappa shape index (κ2) is 8.02. The lowest BCUT2D eigenvalue weighted by Gasteiger charge is -2.19. The zero-order valence-electron chi connectivity index (χ0n) is 13.0. The van der Waals surface area contributed by atoms with Crippen molar-refractivity contribution in [3.05, 3.63) is 60.2 Å². The van der Waals surface area contributed by atoms with E-state index >= 15 is 0 Å². The quantitative estimate of drug-likeness (QED) is 0.563. The predicted octanol–water partition coefficient (Wildman–Crippen LogP) is 4.75. The fraction of sp³-hybridized carbons (Fsp3) is 0.176. The molecule has 1 atom stereocenters. The average Bonchev–Trinajstić information content (AvgIpc) is 2.59. The summed E-state index contributed by atoms with van der Waals surface area (Å²) in [6.45, 7) is 0. The van der Waals surface area contributed by atoms with Crippen LogP contribution in [-0.4, -0.2) is 30.5 Å². The summed E-state index contributed by atoms with van der Waals surface area (Å²) in [6.07, 6.45) is -7.57. The van der Waals surface area contributed by atoms with Crippen molar-refractivity contribution in [1.82, 2.24) is 0 Å². The molecule has 0 aliphatic carbocycles. The molecule has 0 N–H and O–H groups in total. The van der Waals surface area contributed by atoms with Gasteiger partial charge in [0.15, 0.2) is 5.17 Å². The number of benzene rings is 2. The van der Waals surface area contributed by atoms with Crippen LogP contribution >= 0.6 is 11.6 Å². The number of hydrogen-bond acceptors (Lipinski definition) is 4. The molecule has 25 heavy (non-hydrogen) atoms. The van der Waals surface area contributed by atoms with Crippen molar-refractivity contribution in [2.24, 2.45) is 4.99 Å². The third-order valence-corrected chi connectivity index (χ3v) is 3.34. The standard InChI is InChI=1S/C17H13ClF3NO3/c1-24-13-9-7-12(8-10-13)22-15(18)14(17(19,20)21)25-16(23)11-5-3-2-4-6-11/h2-10,14H,1H3. The van der Waals surface area contributed by atoms with Crippen LogP contribution in [0.5, 0.6) is 5.75 Å². The van der Waals surface area contributed by atoms with Gasteiger partial charge in [-0.05, 0) is 36.4 Å². The molecule has 0 heterocycles. The number of rotatable bonds is 5. The molecule has 0 saturated carbocycles. The summed E-state index contributed by atoms with van der Waals surface area (Å²) in [6, 6.07) is 13.2. The monoisotopic (exact) mass is 371 g/mol. The third kappa shape index (κ3) is 5.22. The average molecular weight is 372 g/mol. The molecule has 0 amide bonds. The summed E-state index contributed by atoms with van der Waals surface area (Å²) in [7, 11) is 1.45. The van der Waals surface area contributed by atoms with E-state index in [0.29, 0.717) is 5.75 Å². The highest BCUT2D eigenvalue weighted by Gasteiger charge is 2.46. The molecule has 8 heteroatoms. The van der Waals surface area contributed by atoms with Gasteiger partial charge in [0.2, 0.25) is 6.10 Å². The van der Waals surface area contributed by atoms with Crippen molar-refractivity contribution in [2.45, 2.75) is 12.3 Å². The van der Waals surface area contributed by atoms with Gasteiger partial charge in [-0.2, -0.15) is 13.2 Å². The number of halogens is 4. The molecule has 0 spiro atoms. The molecule has 132 valence electrons. The van der Waals surface area contributed by atoms with E-state index in [-0.39, 0.29) is 11.3 Å². The van der Waals surface area contributed by atoms with Crippen molar-refractivity contribution >= 4 is 28.4 Å². The van der Waals surface area contributed by atoms with E-state index in [1.807, 2.05) is 0 Å². The summed E-state index contributed by atoms with van der Waals surface area (Å²) in [5.41, 5.74) is 0.140. The summed E-state index contributed by atoms with van der Waals surface area (Å²) in [5.74, 6) is -0.635. The van der Waals surface area contributed by atoms with E-state index in [9.17, 15) is 18.0 Å². The molecule has 2 aromatic carbocycles. The van der Waals surface area contributed by atoms with Crippen LogP contribution in [-0.2, 0) is 4.74 Å². The van der Waals surface area contributed by atoms with Gasteiger partial charge in [-0.3, -0.25) is 0 Å². The fourth-order valence-electron chi connectivity index (χ4n) is 1.84. The number of nitrogens with zero attached hydrogens (tertiary/aromatic N) is 1. The number of methoxy groups -OCH3 is 1. The van der Waals surface area contributed by atoms with Crippen LogP contribution < -0.4 is 4.74 Å². The van der Waals surface area contributed by atoms with E-state index in [1.165, 1.54) is 55.6 Å². The van der Waals surface area contributed by atoms with Crippen LogP contribution in [0.25, 0.3) is 0 Å². The number of aliphatic imine (C=N–C) groups is 1. The van der Waals surface area contributed by atoms with Crippen molar-refractivity contribution in [3.8, 4) is 5.75 Å². The van der Waals surface area contributed by atoms with Crippen LogP contribution in [0.15, 0.2) is 59.6 Å². The van der Waals surface area contributed by atoms with Gasteiger partial charge in [0, 0.05) is 0 Å². The minimum atomic E-state index is -4.91. The van der Waals surface area contributed by atoms with Gasteiger partial charge in [0.25, 0.3) is 0 Å². The Hall–Kier alpha value is -2.54. The summed E-state index contributed by atoms with van der Waals surface area (Å²) < 4.78 is 49.1. The van der Waals surface area contributed by atoms with E-state index in [0.717, 1.165) is 0 Å². The smallest absolute Gasteiger partial charge is 0.432 e. The first-order chi connectivity index (χ1) is 11.8. The third-order valence-electron chi connectivity index (χ3n) is 3.06. The Labute approximate surface area is 146 Å². The Bertz CT molecular complexity index is 746. The Morgan fingerprint density at radius 1 is 1.08 bits per heavy atom. The van der Waals surface area contributed by atoms with Gasteiger partial charge in [0.05, 0.1) is 18.4 Å². The fourth-order valence-corrected chi connectivity index (χ4v) is 2.10. The molecule has 0 fully saturated rings. The maximum absolute atomic E-state index is 13.2. The highest BCUT2D eigenvalue weighted by Crippen LogP contribution is 2.28. The van der Waals surface area contributed by atoms with E-state index in [2.05, 4.69) is 9.73 Å². The zero-order chi connectivity index (χ0) is 18.4. The summed E-state index contributed by atoms with van der Waals surface area (Å²) >= 11 is 5.69. The zero-order valence-corrected chi connectivity index (χ0v) is 13.7. The van der Waals surface area contributed by atoms with E-state index in [1.54, 1.807) is 6.07 Å². The summed E-state index contributed by atoms with van der Waals surface area (Å²) in [5, 5.41) is -0.901. The number of hydrogen-bond donors (Lipinski definition) is 0. The van der Waals surface area contributed by atoms with Gasteiger partial charge in [-0.25, -0.2) is 9.79 Å². The number of ether oxygens (including phenoxy) is 2. The van der Waals surface area contributed by atoms with E-state index < -0.39 is 23.4 Å². The van der Waals surface area contributed by atoms with Crippen LogP contribution in [0.3, 0.4) is 0 Å². The second-order valence-electron chi connectivity index (χ2n) is 4.83. The largest absolute Gasteiger partial charge is 0.497 e. The molecular weight excluding hydrogens is 359 g/mol. The Morgan fingerprint density at radius 2 is 1.68 bits per heavy atom. The lowest BCUT2D eigenvalue weighted by molar-refractivity contribution is -0.181. The van der Waals surface area contributed by atoms with Crippen LogP contribution in [0, 0.1) is 0 Å². The minimum absolute atomic E-state index is 0.0225. The number of carbonyl (C=O) groups is 1. The molecule has 2 aromatic rings. The predicted molar refractivity (Wildman–Crippen MR) is 87.6 cm³/mol. The van der Waals surface area contributed by atoms with Gasteiger partial charge in [0.1, 0.15) is 5.75 Å². The first-order valence-corrected chi connectivity index (χ1v) is 7.40. The molecule has 0 aliphatic rings. The molecule has 2 rings (SSSR count). The van der Waals surface area contributed by atoms with Crippen LogP contribution in [0.2, 0.25) is 0 Å². The number of carbonyl (C=O) groups excluding carboxylic acids is 1. The highest BCUT2D eigenvalue weighted by molar-refractivity contribution is 6.67. The molecule has 0 saturated heterocycles. The van der Waals surface area contributed by atoms with Crippen LogP contribution in [0.4, 0.5) is 18.9 Å². The van der Waals surface area contributed by atoms with Crippen molar-refractivity contribution in [3.63, 3.8) is 0 Å². The molecule has 0 radical (unpaired) electrons. The first-order valence-electron chi connectivity index (χ1n) is 7.02. The Kier molecular flexibility index (Phi) is 6.03. The first kappa shape index (κ1) is 18.8. The van der Waals surface area contributed by atoms with Gasteiger partial charge in [-0.1, -0.05) is 29.8 Å². The molecule has 4 nitrogen and oxygen atoms in total. The van der Waals surface area contributed by atoms with Crippen molar-refractivity contribution < 1.29 is 27.4 Å². The Balaban J connectivity index is 2.24. The van der Waals surface area contributed by atoms with Gasteiger partial charge in [-0.15, -0.1) is 0 Å². The molecule has 0 aromatic heterocycles. The van der Waals surface area contributed by atoms with E-state index in [4.69, 9.17) is 16.3 Å². The van der Waals surface area contributed by atoms with Crippen molar-refractivity contribution in [1.29, 1.82) is 0 Å². The second-order valence-corrected chi connectivity index (χ2v) is 5.21. The van der Waals surface area contributed by atoms with Crippen molar-refractivity contribution in [2.75, 3.05) is 7.11 Å². The number of alkyl halides is 3. The summed E-state index contributed by atoms with van der Waals surface area (Å²) in [4.78, 5) is 15.6. The maximum Gasteiger partial charge on any atom is 0.432 e. The SMILES string of the molecule is COc1ccc(N=C(Cl)C(OC(=O)c2ccccc2)C(F)(F)F)cc1. The molecule has 0 bridgehead atoms. The lowest BCUT2D eigenvalue weighted by atomic mass is 10.2. The highest BCUT2D eigenvalue weighted by atomic mass is 35.5. The molecular formula is C17H13ClF3NO3. The normalized spacial score (nSPS) is 13.2. The van der Waals surface area contributed by atoms with Gasteiger partial charge >= 0.3 is 12.1 Å². The topological polar surface area (TPSA) is 47.9 Å². The molecule has 0 aliphatic heterocycles. The lowest BCUT2D eigenvalue weighted by Crippen LogP contribution is -2.38. The van der Waals surface area contributed by atoms with Crippen LogP contribution in [0.1, 0.15) is 10.4 Å². The Morgan fingerprint density at radius 3 is 2.20 bits per heavy atom. The number of esters is 1. The minimum Gasteiger partial charge on any atom is -0.497 e. The van der Waals surface area contributed by atoms with Gasteiger partial charge < -0.3 is 9.47 Å². The molecule has 1 unspecified atom stereocenters. The maximum atomic E-state index is 13.2.